The fourth-order valence-corrected chi connectivity index (χ4v) is 8.39. The molecule has 0 aromatic heterocycles. The van der Waals surface area contributed by atoms with E-state index in [-0.39, 0.29) is 55.1 Å². The Hall–Kier alpha value is -4.42. The second kappa shape index (κ2) is 24.2. The van der Waals surface area contributed by atoms with Crippen molar-refractivity contribution < 1.29 is 63.0 Å². The van der Waals surface area contributed by atoms with Gasteiger partial charge < -0.3 is 44.5 Å². The number of ether oxygens (including phenoxy) is 4. The van der Waals surface area contributed by atoms with Crippen molar-refractivity contribution >= 4 is 35.8 Å². The lowest BCUT2D eigenvalue weighted by Gasteiger charge is -2.39. The minimum atomic E-state index is -1.39. The summed E-state index contributed by atoms with van der Waals surface area (Å²) in [5, 5.41) is 35.2. The van der Waals surface area contributed by atoms with E-state index in [0.717, 1.165) is 0 Å². The van der Waals surface area contributed by atoms with Crippen LogP contribution in [-0.2, 0) is 42.9 Å². The molecule has 4 amide bonds. The molecule has 0 bridgehead atoms. The van der Waals surface area contributed by atoms with E-state index in [1.54, 1.807) is 56.1 Å². The Morgan fingerprint density at radius 2 is 1.73 bits per heavy atom. The smallest absolute Gasteiger partial charge is 0.410 e. The standard InChI is InChI=1S/C47H72N4O13/c1-8-36(54)33(4)44-37(61-44)30-46(6,60)20-12-13-31(2)43-32(3)15-16-38(47(7,64-34(5)52)21-19-35(53)29-42(58)63-43)62-45(59)50-27-25-49(26-28-50)24-22-48-39(55)14-10-9-11-23-51-40(56)17-18-41(51)57/h12-13,15-18,20,32-33,35-38,43-44,53-54,60H,8-11,14,19,21-30H2,1-7H3,(H,48,55)/b16-15?,20-12+,31-13+/t32?,33-,35?,36+,37-,38?,43?,44-,46?,47?/m1/s1. The maximum Gasteiger partial charge on any atom is 0.410 e. The van der Waals surface area contributed by atoms with Crippen LogP contribution in [0.3, 0.4) is 0 Å². The first-order valence-corrected chi connectivity index (χ1v) is 22.9. The number of aliphatic hydroxyl groups is 3. The summed E-state index contributed by atoms with van der Waals surface area (Å²) in [6.07, 6.45) is 9.72. The van der Waals surface area contributed by atoms with Gasteiger partial charge in [-0.05, 0) is 64.5 Å². The molecule has 0 aromatic carbocycles. The number of rotatable bonds is 19. The van der Waals surface area contributed by atoms with Crippen molar-refractivity contribution in [2.45, 2.75) is 154 Å². The molecular weight excluding hydrogens is 829 g/mol. The maximum absolute atomic E-state index is 13.7. The molecule has 17 heteroatoms. The highest BCUT2D eigenvalue weighted by Crippen LogP contribution is 2.38. The molecule has 0 spiro atoms. The average Bonchev–Trinajstić information content (AvgIpc) is 3.92. The van der Waals surface area contributed by atoms with Crippen LogP contribution in [0.25, 0.3) is 0 Å². The number of piperazine rings is 1. The van der Waals surface area contributed by atoms with Crippen molar-refractivity contribution in [1.82, 2.24) is 20.0 Å². The number of carbonyl (C=O) groups is 6. The van der Waals surface area contributed by atoms with Crippen LogP contribution >= 0.6 is 0 Å². The number of carbonyl (C=O) groups excluding carboxylic acids is 6. The zero-order chi connectivity index (χ0) is 47.2. The quantitative estimate of drug-likeness (QED) is 0.0277. The number of hydrogen-bond donors (Lipinski definition) is 4. The molecule has 64 heavy (non-hydrogen) atoms. The van der Waals surface area contributed by atoms with Crippen molar-refractivity contribution in [3.8, 4) is 0 Å². The topological polar surface area (TPSA) is 225 Å². The molecule has 4 N–H and O–H groups in total. The molecule has 10 atom stereocenters. The summed E-state index contributed by atoms with van der Waals surface area (Å²) in [5.74, 6) is -2.42. The van der Waals surface area contributed by atoms with E-state index in [2.05, 4.69) is 10.2 Å². The molecule has 2 fully saturated rings. The van der Waals surface area contributed by atoms with E-state index < -0.39 is 59.6 Å². The summed E-state index contributed by atoms with van der Waals surface area (Å²) in [6.45, 7) is 15.2. The number of unbranched alkanes of at least 4 members (excludes halogenated alkanes) is 2. The number of esters is 2. The molecule has 0 saturated carbocycles. The molecule has 4 heterocycles. The van der Waals surface area contributed by atoms with Crippen LogP contribution in [0.2, 0.25) is 0 Å². The summed E-state index contributed by atoms with van der Waals surface area (Å²) in [4.78, 5) is 80.0. The van der Waals surface area contributed by atoms with Crippen LogP contribution in [0.15, 0.2) is 48.1 Å². The molecule has 358 valence electrons. The van der Waals surface area contributed by atoms with E-state index in [1.807, 2.05) is 20.8 Å². The number of nitrogens with one attached hydrogen (secondary N) is 1. The van der Waals surface area contributed by atoms with Gasteiger partial charge in [-0.3, -0.25) is 33.8 Å². The van der Waals surface area contributed by atoms with Gasteiger partial charge in [0.2, 0.25) is 5.91 Å². The van der Waals surface area contributed by atoms with Crippen LogP contribution in [-0.4, -0.2) is 159 Å². The third-order valence-corrected chi connectivity index (χ3v) is 12.5. The van der Waals surface area contributed by atoms with Gasteiger partial charge >= 0.3 is 18.0 Å². The molecule has 4 rings (SSSR count). The highest BCUT2D eigenvalue weighted by molar-refractivity contribution is 6.12. The zero-order valence-corrected chi connectivity index (χ0v) is 38.7. The number of amides is 4. The lowest BCUT2D eigenvalue weighted by molar-refractivity contribution is -0.168. The van der Waals surface area contributed by atoms with Crippen molar-refractivity contribution in [1.29, 1.82) is 0 Å². The highest BCUT2D eigenvalue weighted by atomic mass is 16.6. The molecule has 0 aromatic rings. The fraction of sp³-hybridized carbons (Fsp3) is 0.702. The van der Waals surface area contributed by atoms with Gasteiger partial charge in [-0.25, -0.2) is 4.79 Å². The van der Waals surface area contributed by atoms with Gasteiger partial charge in [-0.1, -0.05) is 51.5 Å². The van der Waals surface area contributed by atoms with Gasteiger partial charge in [0, 0.05) is 89.6 Å². The number of epoxide rings is 1. The number of nitrogens with zero attached hydrogens (tertiary/aromatic N) is 3. The Morgan fingerprint density at radius 3 is 2.39 bits per heavy atom. The Labute approximate surface area is 377 Å². The van der Waals surface area contributed by atoms with E-state index in [1.165, 1.54) is 24.0 Å². The maximum atomic E-state index is 13.7. The minimum absolute atomic E-state index is 0.0468. The van der Waals surface area contributed by atoms with Gasteiger partial charge in [0.25, 0.3) is 11.8 Å². The van der Waals surface area contributed by atoms with Crippen LogP contribution in [0.1, 0.15) is 106 Å². The lowest BCUT2D eigenvalue weighted by Crippen LogP contribution is -2.53. The molecule has 17 nitrogen and oxygen atoms in total. The van der Waals surface area contributed by atoms with E-state index in [0.29, 0.717) is 89.9 Å². The van der Waals surface area contributed by atoms with Gasteiger partial charge in [0.05, 0.1) is 36.4 Å². The number of aliphatic hydroxyl groups excluding tert-OH is 2. The van der Waals surface area contributed by atoms with Crippen LogP contribution in [0.5, 0.6) is 0 Å². The van der Waals surface area contributed by atoms with Crippen LogP contribution in [0, 0.1) is 11.8 Å². The Morgan fingerprint density at radius 1 is 1.05 bits per heavy atom. The van der Waals surface area contributed by atoms with Gasteiger partial charge in [-0.2, -0.15) is 0 Å². The summed E-state index contributed by atoms with van der Waals surface area (Å²) in [7, 11) is 0. The molecule has 2 saturated heterocycles. The largest absolute Gasteiger partial charge is 0.457 e. The molecule has 4 aliphatic rings. The van der Waals surface area contributed by atoms with Gasteiger partial charge in [0.1, 0.15) is 11.7 Å². The van der Waals surface area contributed by atoms with Gasteiger partial charge in [-0.15, -0.1) is 0 Å². The number of imide groups is 1. The first-order valence-electron chi connectivity index (χ1n) is 22.9. The summed E-state index contributed by atoms with van der Waals surface area (Å²) >= 11 is 0. The first kappa shape index (κ1) is 52.2. The number of allylic oxidation sites excluding steroid dienone is 2. The Balaban J connectivity index is 1.33. The SMILES string of the molecule is CC[C@H](O)[C@@H](C)[C@H]1O[C@@H]1CC(C)(O)/C=C/C=C(\C)C1OC(=O)CC(O)CCC(C)(OC(C)=O)C(OC(=O)N2CCN(CCNC(=O)CCCCCN3C(=O)C=CC3=O)CC2)C=CC1C. The molecular formula is C47H72N4O13. The molecule has 4 aliphatic heterocycles. The monoisotopic (exact) mass is 901 g/mol. The lowest BCUT2D eigenvalue weighted by atomic mass is 9.88. The second-order valence-corrected chi connectivity index (χ2v) is 18.2. The summed E-state index contributed by atoms with van der Waals surface area (Å²) in [5.41, 5.74) is -1.95. The third kappa shape index (κ3) is 16.2. The molecule has 0 radical (unpaired) electrons. The fourth-order valence-electron chi connectivity index (χ4n) is 8.39. The molecule has 6 unspecified atom stereocenters. The Kier molecular flexibility index (Phi) is 19.7. The predicted octanol–water partition coefficient (Wildman–Crippen LogP) is 3.50. The Bertz CT molecular complexity index is 1740. The normalized spacial score (nSPS) is 29.1. The summed E-state index contributed by atoms with van der Waals surface area (Å²) < 4.78 is 23.6. The van der Waals surface area contributed by atoms with E-state index >= 15 is 0 Å². The second-order valence-electron chi connectivity index (χ2n) is 18.2. The predicted molar refractivity (Wildman–Crippen MR) is 236 cm³/mol. The number of cyclic esters (lactones) is 1. The number of hydrogen-bond acceptors (Lipinski definition) is 14. The first-order chi connectivity index (χ1) is 30.2. The van der Waals surface area contributed by atoms with Crippen LogP contribution in [0.4, 0.5) is 4.79 Å². The van der Waals surface area contributed by atoms with E-state index in [4.69, 9.17) is 18.9 Å². The van der Waals surface area contributed by atoms with Crippen molar-refractivity contribution in [3.05, 3.63) is 48.1 Å². The van der Waals surface area contributed by atoms with Crippen LogP contribution < -0.4 is 5.32 Å². The third-order valence-electron chi connectivity index (χ3n) is 12.5. The highest BCUT2D eigenvalue weighted by Gasteiger charge is 2.47. The van der Waals surface area contributed by atoms with Crippen molar-refractivity contribution in [3.63, 3.8) is 0 Å². The summed E-state index contributed by atoms with van der Waals surface area (Å²) in [6, 6.07) is 0. The zero-order valence-electron chi connectivity index (χ0n) is 38.7. The van der Waals surface area contributed by atoms with Crippen molar-refractivity contribution in [2.24, 2.45) is 11.8 Å². The van der Waals surface area contributed by atoms with Gasteiger partial charge in [0.15, 0.2) is 6.10 Å². The van der Waals surface area contributed by atoms with E-state index in [9.17, 15) is 44.1 Å². The van der Waals surface area contributed by atoms with Crippen molar-refractivity contribution in [2.75, 3.05) is 45.8 Å². The average molecular weight is 901 g/mol. The minimum Gasteiger partial charge on any atom is -0.457 e. The molecule has 0 aliphatic carbocycles.